The Labute approximate surface area is 103 Å². The van der Waals surface area contributed by atoms with Crippen LogP contribution in [0.25, 0.3) is 0 Å². The van der Waals surface area contributed by atoms with E-state index in [4.69, 9.17) is 0 Å². The minimum Gasteiger partial charge on any atom is -0.389 e. The maximum atomic E-state index is 9.85. The van der Waals surface area contributed by atoms with Gasteiger partial charge in [-0.3, -0.25) is 0 Å². The summed E-state index contributed by atoms with van der Waals surface area (Å²) < 4.78 is 0. The Morgan fingerprint density at radius 3 is 2.44 bits per heavy atom. The molecule has 0 aliphatic rings. The summed E-state index contributed by atoms with van der Waals surface area (Å²) in [5.41, 5.74) is -0.556. The molecule has 2 N–H and O–H groups in total. The molecule has 0 bridgehead atoms. The van der Waals surface area contributed by atoms with Gasteiger partial charge in [-0.1, -0.05) is 19.9 Å². The Balaban J connectivity index is 2.55. The first-order chi connectivity index (χ1) is 7.23. The third-order valence-electron chi connectivity index (χ3n) is 3.10. The van der Waals surface area contributed by atoms with E-state index in [0.717, 1.165) is 6.54 Å². The SMILES string of the molecule is CC(NCC(C)(C)c1cccs1)C(C)(C)O. The summed E-state index contributed by atoms with van der Waals surface area (Å²) >= 11 is 1.79. The molecule has 1 atom stereocenters. The number of hydrogen-bond acceptors (Lipinski definition) is 3. The molecule has 0 aliphatic carbocycles. The van der Waals surface area contributed by atoms with Crippen molar-refractivity contribution in [2.24, 2.45) is 0 Å². The zero-order chi connectivity index (χ0) is 12.4. The summed E-state index contributed by atoms with van der Waals surface area (Å²) in [6, 6.07) is 4.34. The maximum absolute atomic E-state index is 9.85. The summed E-state index contributed by atoms with van der Waals surface area (Å²) in [6.45, 7) is 11.0. The number of thiophene rings is 1. The molecule has 3 heteroatoms. The molecular formula is C13H23NOS. The van der Waals surface area contributed by atoms with Crippen molar-refractivity contribution in [3.05, 3.63) is 22.4 Å². The van der Waals surface area contributed by atoms with Gasteiger partial charge in [-0.25, -0.2) is 0 Å². The summed E-state index contributed by atoms with van der Waals surface area (Å²) in [7, 11) is 0. The zero-order valence-electron chi connectivity index (χ0n) is 10.9. The Kier molecular flexibility index (Phi) is 4.16. The number of aliphatic hydroxyl groups is 1. The van der Waals surface area contributed by atoms with Crippen molar-refractivity contribution in [1.82, 2.24) is 5.32 Å². The van der Waals surface area contributed by atoms with E-state index >= 15 is 0 Å². The first-order valence-electron chi connectivity index (χ1n) is 5.73. The van der Waals surface area contributed by atoms with Crippen molar-refractivity contribution in [2.45, 2.75) is 51.7 Å². The lowest BCUT2D eigenvalue weighted by Gasteiger charge is -2.31. The average Bonchev–Trinajstić information content (AvgIpc) is 2.65. The highest BCUT2D eigenvalue weighted by molar-refractivity contribution is 7.10. The predicted octanol–water partition coefficient (Wildman–Crippen LogP) is 2.77. The molecule has 1 heterocycles. The standard InChI is InChI=1S/C13H23NOS/c1-10(13(4,5)15)14-9-12(2,3)11-7-6-8-16-11/h6-8,10,14-15H,9H2,1-5H3. The molecule has 0 saturated carbocycles. The van der Waals surface area contributed by atoms with E-state index in [1.165, 1.54) is 4.88 Å². The van der Waals surface area contributed by atoms with Crippen LogP contribution >= 0.6 is 11.3 Å². The fraction of sp³-hybridized carbons (Fsp3) is 0.692. The second-order valence-electron chi connectivity index (χ2n) is 5.62. The van der Waals surface area contributed by atoms with Crippen molar-refractivity contribution in [3.63, 3.8) is 0 Å². The fourth-order valence-corrected chi connectivity index (χ4v) is 2.26. The van der Waals surface area contributed by atoms with E-state index in [-0.39, 0.29) is 11.5 Å². The minimum absolute atomic E-state index is 0.0896. The van der Waals surface area contributed by atoms with Gasteiger partial charge in [0.1, 0.15) is 0 Å². The maximum Gasteiger partial charge on any atom is 0.0741 e. The third-order valence-corrected chi connectivity index (χ3v) is 4.33. The Hall–Kier alpha value is -0.380. The van der Waals surface area contributed by atoms with Crippen LogP contribution in [0.4, 0.5) is 0 Å². The van der Waals surface area contributed by atoms with E-state index in [9.17, 15) is 5.11 Å². The van der Waals surface area contributed by atoms with Crippen LogP contribution in [0.1, 0.15) is 39.5 Å². The van der Waals surface area contributed by atoms with Crippen molar-refractivity contribution < 1.29 is 5.11 Å². The van der Waals surface area contributed by atoms with Crippen LogP contribution in [-0.2, 0) is 5.41 Å². The second kappa shape index (κ2) is 4.86. The number of rotatable bonds is 5. The lowest BCUT2D eigenvalue weighted by molar-refractivity contribution is 0.0427. The zero-order valence-corrected chi connectivity index (χ0v) is 11.7. The predicted molar refractivity (Wildman–Crippen MR) is 71.1 cm³/mol. The highest BCUT2D eigenvalue weighted by Gasteiger charge is 2.26. The van der Waals surface area contributed by atoms with Crippen LogP contribution in [0.3, 0.4) is 0 Å². The molecule has 0 saturated heterocycles. The molecule has 1 unspecified atom stereocenters. The van der Waals surface area contributed by atoms with Gasteiger partial charge in [0.15, 0.2) is 0 Å². The molecule has 16 heavy (non-hydrogen) atoms. The Bertz CT molecular complexity index is 311. The largest absolute Gasteiger partial charge is 0.389 e. The second-order valence-corrected chi connectivity index (χ2v) is 6.57. The van der Waals surface area contributed by atoms with Gasteiger partial charge < -0.3 is 10.4 Å². The molecular weight excluding hydrogens is 218 g/mol. The molecule has 1 aromatic heterocycles. The van der Waals surface area contributed by atoms with E-state index in [1.807, 2.05) is 20.8 Å². The quantitative estimate of drug-likeness (QED) is 0.831. The topological polar surface area (TPSA) is 32.3 Å². The van der Waals surface area contributed by atoms with Gasteiger partial charge in [0, 0.05) is 22.9 Å². The highest BCUT2D eigenvalue weighted by Crippen LogP contribution is 2.27. The van der Waals surface area contributed by atoms with Gasteiger partial charge in [-0.05, 0) is 32.2 Å². The van der Waals surface area contributed by atoms with Crippen molar-refractivity contribution in [3.8, 4) is 0 Å². The first kappa shape index (κ1) is 13.7. The molecule has 2 nitrogen and oxygen atoms in total. The van der Waals surface area contributed by atoms with Crippen LogP contribution < -0.4 is 5.32 Å². The summed E-state index contributed by atoms with van der Waals surface area (Å²) in [6.07, 6.45) is 0. The number of nitrogens with one attached hydrogen (secondary N) is 1. The first-order valence-corrected chi connectivity index (χ1v) is 6.61. The van der Waals surface area contributed by atoms with Crippen LogP contribution in [-0.4, -0.2) is 23.3 Å². The Morgan fingerprint density at radius 2 is 2.00 bits per heavy atom. The van der Waals surface area contributed by atoms with Crippen LogP contribution in [0.2, 0.25) is 0 Å². The van der Waals surface area contributed by atoms with E-state index in [2.05, 4.69) is 36.7 Å². The molecule has 0 spiro atoms. The minimum atomic E-state index is -0.675. The van der Waals surface area contributed by atoms with Gasteiger partial charge in [0.2, 0.25) is 0 Å². The lowest BCUT2D eigenvalue weighted by Crippen LogP contribution is -2.48. The molecule has 92 valence electrons. The van der Waals surface area contributed by atoms with Crippen LogP contribution in [0.5, 0.6) is 0 Å². The molecule has 0 amide bonds. The smallest absolute Gasteiger partial charge is 0.0741 e. The van der Waals surface area contributed by atoms with Crippen molar-refractivity contribution in [2.75, 3.05) is 6.54 Å². The van der Waals surface area contributed by atoms with Gasteiger partial charge >= 0.3 is 0 Å². The molecule has 0 aromatic carbocycles. The van der Waals surface area contributed by atoms with Crippen LogP contribution in [0.15, 0.2) is 17.5 Å². The third kappa shape index (κ3) is 3.58. The van der Waals surface area contributed by atoms with Gasteiger partial charge in [-0.2, -0.15) is 0 Å². The average molecular weight is 241 g/mol. The van der Waals surface area contributed by atoms with Crippen LogP contribution in [0, 0.1) is 0 Å². The summed E-state index contributed by atoms with van der Waals surface area (Å²) in [4.78, 5) is 1.38. The summed E-state index contributed by atoms with van der Waals surface area (Å²) in [5, 5.41) is 15.4. The molecule has 1 rings (SSSR count). The fourth-order valence-electron chi connectivity index (χ4n) is 1.41. The molecule has 0 aliphatic heterocycles. The molecule has 0 fully saturated rings. The lowest BCUT2D eigenvalue weighted by atomic mass is 9.90. The van der Waals surface area contributed by atoms with E-state index in [1.54, 1.807) is 11.3 Å². The van der Waals surface area contributed by atoms with Gasteiger partial charge in [0.25, 0.3) is 0 Å². The Morgan fingerprint density at radius 1 is 1.38 bits per heavy atom. The number of hydrogen-bond donors (Lipinski definition) is 2. The monoisotopic (exact) mass is 241 g/mol. The van der Waals surface area contributed by atoms with E-state index < -0.39 is 5.60 Å². The van der Waals surface area contributed by atoms with Crippen molar-refractivity contribution >= 4 is 11.3 Å². The van der Waals surface area contributed by atoms with Gasteiger partial charge in [-0.15, -0.1) is 11.3 Å². The highest BCUT2D eigenvalue weighted by atomic mass is 32.1. The molecule has 0 radical (unpaired) electrons. The van der Waals surface area contributed by atoms with E-state index in [0.29, 0.717) is 0 Å². The van der Waals surface area contributed by atoms with Gasteiger partial charge in [0.05, 0.1) is 5.60 Å². The normalized spacial score (nSPS) is 15.1. The van der Waals surface area contributed by atoms with Crippen molar-refractivity contribution in [1.29, 1.82) is 0 Å². The summed E-state index contributed by atoms with van der Waals surface area (Å²) in [5.74, 6) is 0. The molecule has 1 aromatic rings.